The smallest absolute Gasteiger partial charge is 0.270 e. The summed E-state index contributed by atoms with van der Waals surface area (Å²) in [4.78, 5) is 14.3. The SMILES string of the molecule is Cc1ccc(C(=O)N2C[C@@H](C)N[C@H](C)C2)n1C. The van der Waals surface area contributed by atoms with Crippen LogP contribution in [0, 0.1) is 6.92 Å². The molecule has 0 aromatic carbocycles. The number of piperazine rings is 1. The Balaban J connectivity index is 2.17. The Kier molecular flexibility index (Phi) is 3.24. The molecule has 2 atom stereocenters. The summed E-state index contributed by atoms with van der Waals surface area (Å²) in [6.07, 6.45) is 0. The maximum absolute atomic E-state index is 12.4. The van der Waals surface area contributed by atoms with E-state index in [4.69, 9.17) is 0 Å². The Morgan fingerprint density at radius 1 is 1.29 bits per heavy atom. The monoisotopic (exact) mass is 235 g/mol. The van der Waals surface area contributed by atoms with Gasteiger partial charge in [0.1, 0.15) is 5.69 Å². The fourth-order valence-corrected chi connectivity index (χ4v) is 2.48. The summed E-state index contributed by atoms with van der Waals surface area (Å²) in [5.41, 5.74) is 1.90. The molecule has 1 amide bonds. The van der Waals surface area contributed by atoms with E-state index in [1.165, 1.54) is 0 Å². The molecule has 0 bridgehead atoms. The molecule has 1 aromatic rings. The van der Waals surface area contributed by atoms with E-state index in [0.29, 0.717) is 12.1 Å². The molecule has 0 saturated carbocycles. The lowest BCUT2D eigenvalue weighted by atomic mass is 10.1. The number of nitrogens with one attached hydrogen (secondary N) is 1. The lowest BCUT2D eigenvalue weighted by molar-refractivity contribution is 0.0664. The molecular weight excluding hydrogens is 214 g/mol. The Morgan fingerprint density at radius 3 is 2.35 bits per heavy atom. The van der Waals surface area contributed by atoms with Crippen molar-refractivity contribution < 1.29 is 4.79 Å². The Bertz CT molecular complexity index is 414. The number of aryl methyl sites for hydroxylation is 1. The quantitative estimate of drug-likeness (QED) is 0.793. The van der Waals surface area contributed by atoms with Crippen molar-refractivity contribution in [3.05, 3.63) is 23.5 Å². The standard InChI is InChI=1S/C13H21N3O/c1-9-7-16(8-10(2)14-9)13(17)12-6-5-11(3)15(12)4/h5-6,9-10,14H,7-8H2,1-4H3/t9-,10-/m1/s1. The highest BCUT2D eigenvalue weighted by Crippen LogP contribution is 2.12. The first kappa shape index (κ1) is 12.2. The summed E-state index contributed by atoms with van der Waals surface area (Å²) < 4.78 is 1.96. The average molecular weight is 235 g/mol. The topological polar surface area (TPSA) is 37.3 Å². The van der Waals surface area contributed by atoms with Crippen LogP contribution < -0.4 is 5.32 Å². The van der Waals surface area contributed by atoms with Crippen molar-refractivity contribution >= 4 is 5.91 Å². The summed E-state index contributed by atoms with van der Waals surface area (Å²) in [7, 11) is 1.94. The van der Waals surface area contributed by atoms with Gasteiger partial charge in [0.2, 0.25) is 0 Å². The molecule has 0 radical (unpaired) electrons. The first-order valence-electron chi connectivity index (χ1n) is 6.16. The van der Waals surface area contributed by atoms with Gasteiger partial charge in [-0.3, -0.25) is 4.79 Å². The normalized spacial score (nSPS) is 25.1. The maximum Gasteiger partial charge on any atom is 0.270 e. The molecule has 1 saturated heterocycles. The van der Waals surface area contributed by atoms with Crippen LogP contribution in [0.25, 0.3) is 0 Å². The Morgan fingerprint density at radius 2 is 1.88 bits per heavy atom. The first-order chi connectivity index (χ1) is 7.99. The molecule has 94 valence electrons. The molecule has 17 heavy (non-hydrogen) atoms. The largest absolute Gasteiger partial charge is 0.344 e. The third-order valence-electron chi connectivity index (χ3n) is 3.44. The highest BCUT2D eigenvalue weighted by molar-refractivity contribution is 5.93. The van der Waals surface area contributed by atoms with Crippen LogP contribution >= 0.6 is 0 Å². The molecule has 1 fully saturated rings. The molecule has 2 heterocycles. The van der Waals surface area contributed by atoms with Crippen molar-refractivity contribution in [2.45, 2.75) is 32.9 Å². The number of carbonyl (C=O) groups is 1. The summed E-state index contributed by atoms with van der Waals surface area (Å²) in [5.74, 6) is 0.140. The van der Waals surface area contributed by atoms with Gasteiger partial charge in [-0.2, -0.15) is 0 Å². The van der Waals surface area contributed by atoms with Gasteiger partial charge in [-0.05, 0) is 32.9 Å². The Hall–Kier alpha value is -1.29. The molecule has 0 aliphatic carbocycles. The molecule has 0 spiro atoms. The molecule has 2 rings (SSSR count). The molecular formula is C13H21N3O. The van der Waals surface area contributed by atoms with Crippen molar-refractivity contribution in [3.63, 3.8) is 0 Å². The maximum atomic E-state index is 12.4. The van der Waals surface area contributed by atoms with Crippen LogP contribution in [0.15, 0.2) is 12.1 Å². The Labute approximate surface area is 103 Å². The third kappa shape index (κ3) is 2.36. The highest BCUT2D eigenvalue weighted by atomic mass is 16.2. The van der Waals surface area contributed by atoms with Crippen molar-refractivity contribution in [2.75, 3.05) is 13.1 Å². The van der Waals surface area contributed by atoms with Gasteiger partial charge >= 0.3 is 0 Å². The molecule has 1 aliphatic heterocycles. The van der Waals surface area contributed by atoms with E-state index in [2.05, 4.69) is 19.2 Å². The number of carbonyl (C=O) groups excluding carboxylic acids is 1. The number of rotatable bonds is 1. The van der Waals surface area contributed by atoms with Crippen molar-refractivity contribution in [2.24, 2.45) is 7.05 Å². The van der Waals surface area contributed by atoms with E-state index in [-0.39, 0.29) is 5.91 Å². The predicted octanol–water partition coefficient (Wildman–Crippen LogP) is 1.16. The van der Waals surface area contributed by atoms with Gasteiger partial charge in [0, 0.05) is 37.9 Å². The summed E-state index contributed by atoms with van der Waals surface area (Å²) in [6.45, 7) is 7.82. The number of aromatic nitrogens is 1. The average Bonchev–Trinajstić information content (AvgIpc) is 2.57. The number of nitrogens with zero attached hydrogens (tertiary/aromatic N) is 2. The molecule has 1 N–H and O–H groups in total. The van der Waals surface area contributed by atoms with E-state index in [1.807, 2.05) is 35.6 Å². The van der Waals surface area contributed by atoms with E-state index in [1.54, 1.807) is 0 Å². The predicted molar refractivity (Wildman–Crippen MR) is 68.1 cm³/mol. The third-order valence-corrected chi connectivity index (χ3v) is 3.44. The van der Waals surface area contributed by atoms with E-state index in [0.717, 1.165) is 24.5 Å². The lowest BCUT2D eigenvalue weighted by Crippen LogP contribution is -2.56. The minimum Gasteiger partial charge on any atom is -0.344 e. The minimum absolute atomic E-state index is 0.140. The second-order valence-electron chi connectivity index (χ2n) is 5.10. The van der Waals surface area contributed by atoms with Crippen molar-refractivity contribution in [3.8, 4) is 0 Å². The van der Waals surface area contributed by atoms with Crippen LogP contribution in [-0.4, -0.2) is 40.5 Å². The summed E-state index contributed by atoms with van der Waals surface area (Å²) >= 11 is 0. The van der Waals surface area contributed by atoms with Gasteiger partial charge in [0.25, 0.3) is 5.91 Å². The van der Waals surface area contributed by atoms with E-state index < -0.39 is 0 Å². The van der Waals surface area contributed by atoms with Gasteiger partial charge in [-0.1, -0.05) is 0 Å². The highest BCUT2D eigenvalue weighted by Gasteiger charge is 2.26. The fourth-order valence-electron chi connectivity index (χ4n) is 2.48. The van der Waals surface area contributed by atoms with Crippen LogP contribution in [0.5, 0.6) is 0 Å². The zero-order valence-corrected chi connectivity index (χ0v) is 11.0. The molecule has 1 aromatic heterocycles. The molecule has 0 unspecified atom stereocenters. The van der Waals surface area contributed by atoms with Gasteiger partial charge in [-0.25, -0.2) is 0 Å². The van der Waals surface area contributed by atoms with Crippen LogP contribution in [0.4, 0.5) is 0 Å². The second-order valence-corrected chi connectivity index (χ2v) is 5.10. The minimum atomic E-state index is 0.140. The molecule has 4 nitrogen and oxygen atoms in total. The molecule has 4 heteroatoms. The second kappa shape index (κ2) is 4.53. The van der Waals surface area contributed by atoms with E-state index >= 15 is 0 Å². The van der Waals surface area contributed by atoms with Crippen LogP contribution in [0.1, 0.15) is 30.0 Å². The van der Waals surface area contributed by atoms with Crippen LogP contribution in [-0.2, 0) is 7.05 Å². The zero-order valence-electron chi connectivity index (χ0n) is 11.0. The van der Waals surface area contributed by atoms with Gasteiger partial charge in [0.05, 0.1) is 0 Å². The number of hydrogen-bond donors (Lipinski definition) is 1. The summed E-state index contributed by atoms with van der Waals surface area (Å²) in [6, 6.07) is 4.63. The van der Waals surface area contributed by atoms with Crippen LogP contribution in [0.2, 0.25) is 0 Å². The van der Waals surface area contributed by atoms with E-state index in [9.17, 15) is 4.79 Å². The number of amides is 1. The fraction of sp³-hybridized carbons (Fsp3) is 0.615. The lowest BCUT2D eigenvalue weighted by Gasteiger charge is -2.36. The van der Waals surface area contributed by atoms with Gasteiger partial charge in [-0.15, -0.1) is 0 Å². The number of hydrogen-bond acceptors (Lipinski definition) is 2. The van der Waals surface area contributed by atoms with Crippen molar-refractivity contribution in [1.82, 2.24) is 14.8 Å². The van der Waals surface area contributed by atoms with Crippen molar-refractivity contribution in [1.29, 1.82) is 0 Å². The molecule has 1 aliphatic rings. The summed E-state index contributed by atoms with van der Waals surface area (Å²) in [5, 5.41) is 3.43. The zero-order chi connectivity index (χ0) is 12.6. The van der Waals surface area contributed by atoms with Gasteiger partial charge < -0.3 is 14.8 Å². The van der Waals surface area contributed by atoms with Crippen LogP contribution in [0.3, 0.4) is 0 Å². The van der Waals surface area contributed by atoms with Gasteiger partial charge in [0.15, 0.2) is 0 Å². The first-order valence-corrected chi connectivity index (χ1v) is 6.16.